The van der Waals surface area contributed by atoms with Crippen LogP contribution in [-0.4, -0.2) is 26.7 Å². The third-order valence-electron chi connectivity index (χ3n) is 3.23. The molecule has 1 aliphatic heterocycles. The van der Waals surface area contributed by atoms with Gasteiger partial charge in [0, 0.05) is 38.6 Å². The number of hydrogen-bond acceptors (Lipinski definition) is 3. The highest BCUT2D eigenvalue weighted by atomic mass is 15.1. The molecule has 0 unspecified atom stereocenters. The Hall–Kier alpha value is -1.48. The fraction of sp³-hybridized carbons (Fsp3) is 0.500. The molecule has 3 heteroatoms. The Bertz CT molecular complexity index is 393. The van der Waals surface area contributed by atoms with Crippen LogP contribution in [-0.2, 0) is 0 Å². The van der Waals surface area contributed by atoms with Crippen molar-refractivity contribution in [1.82, 2.24) is 5.32 Å². The van der Waals surface area contributed by atoms with E-state index in [0.717, 1.165) is 5.57 Å². The Kier molecular flexibility index (Phi) is 7.04. The Labute approximate surface area is 117 Å². The molecule has 3 nitrogen and oxygen atoms in total. The van der Waals surface area contributed by atoms with E-state index in [1.807, 2.05) is 27.1 Å². The molecule has 0 aromatic heterocycles. The van der Waals surface area contributed by atoms with E-state index < -0.39 is 0 Å². The van der Waals surface area contributed by atoms with E-state index in [9.17, 15) is 0 Å². The van der Waals surface area contributed by atoms with Crippen molar-refractivity contribution in [3.8, 4) is 0 Å². The average Bonchev–Trinajstić information content (AvgIpc) is 3.01. The molecule has 1 saturated heterocycles. The summed E-state index contributed by atoms with van der Waals surface area (Å²) >= 11 is 0. The third kappa shape index (κ3) is 4.28. The fourth-order valence-corrected chi connectivity index (χ4v) is 2.31. The molecule has 0 saturated carbocycles. The van der Waals surface area contributed by atoms with Crippen molar-refractivity contribution in [2.45, 2.75) is 26.7 Å². The molecule has 1 heterocycles. The standard InChI is InChI=1S/C14H21N3.C2H6/c1-16-11-13(10-15)12-5-4-6-14(9-12)17-7-2-3-8-17;1-2/h4-6,9,11,16H,2-3,7-8,10,15H2,1H3;1-2H3/b13-11+;. The van der Waals surface area contributed by atoms with Crippen molar-refractivity contribution in [2.75, 3.05) is 31.6 Å². The van der Waals surface area contributed by atoms with Gasteiger partial charge in [0.2, 0.25) is 0 Å². The lowest BCUT2D eigenvalue weighted by atomic mass is 10.1. The highest BCUT2D eigenvalue weighted by Gasteiger charge is 2.12. The molecule has 19 heavy (non-hydrogen) atoms. The topological polar surface area (TPSA) is 41.3 Å². The Morgan fingerprint density at radius 2 is 2.00 bits per heavy atom. The Balaban J connectivity index is 0.000000861. The van der Waals surface area contributed by atoms with Crippen LogP contribution in [0.3, 0.4) is 0 Å². The number of nitrogens with zero attached hydrogens (tertiary/aromatic N) is 1. The summed E-state index contributed by atoms with van der Waals surface area (Å²) in [7, 11) is 1.90. The minimum atomic E-state index is 0.560. The van der Waals surface area contributed by atoms with E-state index in [2.05, 4.69) is 34.5 Å². The monoisotopic (exact) mass is 261 g/mol. The first-order valence-corrected chi connectivity index (χ1v) is 7.27. The fourth-order valence-electron chi connectivity index (χ4n) is 2.31. The van der Waals surface area contributed by atoms with E-state index in [0.29, 0.717) is 6.54 Å². The quantitative estimate of drug-likeness (QED) is 0.875. The van der Waals surface area contributed by atoms with Crippen LogP contribution in [0.2, 0.25) is 0 Å². The van der Waals surface area contributed by atoms with Crippen LogP contribution >= 0.6 is 0 Å². The normalized spacial score (nSPS) is 14.9. The summed E-state index contributed by atoms with van der Waals surface area (Å²) in [6, 6.07) is 8.65. The zero-order valence-corrected chi connectivity index (χ0v) is 12.4. The molecule has 3 N–H and O–H groups in total. The molecule has 0 aliphatic carbocycles. The molecular weight excluding hydrogens is 234 g/mol. The maximum atomic E-state index is 5.77. The summed E-state index contributed by atoms with van der Waals surface area (Å²) in [5, 5.41) is 3.05. The van der Waals surface area contributed by atoms with Gasteiger partial charge >= 0.3 is 0 Å². The molecule has 0 radical (unpaired) electrons. The van der Waals surface area contributed by atoms with Gasteiger partial charge in [-0.05, 0) is 36.1 Å². The lowest BCUT2D eigenvalue weighted by Gasteiger charge is -2.18. The molecule has 2 rings (SSSR count). The lowest BCUT2D eigenvalue weighted by Crippen LogP contribution is -2.17. The zero-order chi connectivity index (χ0) is 14.1. The number of anilines is 1. The Morgan fingerprint density at radius 3 is 2.58 bits per heavy atom. The number of nitrogens with one attached hydrogen (secondary N) is 1. The summed E-state index contributed by atoms with van der Waals surface area (Å²) in [6.07, 6.45) is 4.59. The van der Waals surface area contributed by atoms with Gasteiger partial charge in [-0.15, -0.1) is 0 Å². The van der Waals surface area contributed by atoms with Crippen LogP contribution in [0.25, 0.3) is 5.57 Å². The first kappa shape index (κ1) is 15.6. The van der Waals surface area contributed by atoms with Crippen molar-refractivity contribution in [3.63, 3.8) is 0 Å². The van der Waals surface area contributed by atoms with Gasteiger partial charge in [0.1, 0.15) is 0 Å². The predicted molar refractivity (Wildman–Crippen MR) is 85.3 cm³/mol. The van der Waals surface area contributed by atoms with Crippen LogP contribution in [0.1, 0.15) is 32.3 Å². The second kappa shape index (κ2) is 8.59. The van der Waals surface area contributed by atoms with E-state index in [-0.39, 0.29) is 0 Å². The van der Waals surface area contributed by atoms with Gasteiger partial charge in [0.25, 0.3) is 0 Å². The summed E-state index contributed by atoms with van der Waals surface area (Å²) in [4.78, 5) is 2.44. The third-order valence-corrected chi connectivity index (χ3v) is 3.23. The highest BCUT2D eigenvalue weighted by Crippen LogP contribution is 2.23. The maximum absolute atomic E-state index is 5.77. The second-order valence-electron chi connectivity index (χ2n) is 4.41. The molecule has 1 fully saturated rings. The second-order valence-corrected chi connectivity index (χ2v) is 4.41. The number of hydrogen-bond donors (Lipinski definition) is 2. The molecule has 0 bridgehead atoms. The van der Waals surface area contributed by atoms with Crippen LogP contribution in [0.5, 0.6) is 0 Å². The minimum absolute atomic E-state index is 0.560. The molecule has 1 aromatic carbocycles. The molecular formula is C16H27N3. The molecule has 0 amide bonds. The number of rotatable bonds is 4. The van der Waals surface area contributed by atoms with E-state index in [1.54, 1.807) is 0 Å². The smallest absolute Gasteiger partial charge is 0.0372 e. The summed E-state index contributed by atoms with van der Waals surface area (Å²) < 4.78 is 0. The van der Waals surface area contributed by atoms with E-state index >= 15 is 0 Å². The summed E-state index contributed by atoms with van der Waals surface area (Å²) in [6.45, 7) is 6.92. The summed E-state index contributed by atoms with van der Waals surface area (Å²) in [5.41, 5.74) is 9.45. The van der Waals surface area contributed by atoms with Gasteiger partial charge in [-0.25, -0.2) is 0 Å². The van der Waals surface area contributed by atoms with Gasteiger partial charge in [0.15, 0.2) is 0 Å². The first-order valence-electron chi connectivity index (χ1n) is 7.27. The van der Waals surface area contributed by atoms with Crippen LogP contribution in [0.15, 0.2) is 30.5 Å². The predicted octanol–water partition coefficient (Wildman–Crippen LogP) is 2.83. The van der Waals surface area contributed by atoms with Crippen molar-refractivity contribution in [1.29, 1.82) is 0 Å². The minimum Gasteiger partial charge on any atom is -0.394 e. The van der Waals surface area contributed by atoms with Gasteiger partial charge in [-0.1, -0.05) is 26.0 Å². The highest BCUT2D eigenvalue weighted by molar-refractivity contribution is 5.70. The van der Waals surface area contributed by atoms with Crippen molar-refractivity contribution < 1.29 is 0 Å². The first-order chi connectivity index (χ1) is 9.35. The zero-order valence-electron chi connectivity index (χ0n) is 12.4. The molecule has 106 valence electrons. The van der Waals surface area contributed by atoms with Crippen molar-refractivity contribution >= 4 is 11.3 Å². The average molecular weight is 261 g/mol. The van der Waals surface area contributed by atoms with Crippen molar-refractivity contribution in [3.05, 3.63) is 36.0 Å². The Morgan fingerprint density at radius 1 is 1.32 bits per heavy atom. The molecule has 1 aliphatic rings. The van der Waals surface area contributed by atoms with Gasteiger partial charge in [-0.3, -0.25) is 0 Å². The SMILES string of the molecule is CC.CN/C=C(\CN)c1cccc(N2CCCC2)c1. The molecule has 0 atom stereocenters. The number of nitrogens with two attached hydrogens (primary N) is 1. The van der Waals surface area contributed by atoms with Crippen LogP contribution in [0.4, 0.5) is 5.69 Å². The van der Waals surface area contributed by atoms with E-state index in [1.165, 1.54) is 37.2 Å². The number of benzene rings is 1. The molecule has 0 spiro atoms. The van der Waals surface area contributed by atoms with Gasteiger partial charge < -0.3 is 16.0 Å². The van der Waals surface area contributed by atoms with Gasteiger partial charge in [-0.2, -0.15) is 0 Å². The maximum Gasteiger partial charge on any atom is 0.0372 e. The van der Waals surface area contributed by atoms with Crippen LogP contribution < -0.4 is 16.0 Å². The largest absolute Gasteiger partial charge is 0.394 e. The van der Waals surface area contributed by atoms with Crippen molar-refractivity contribution in [2.24, 2.45) is 5.73 Å². The molecule has 1 aromatic rings. The lowest BCUT2D eigenvalue weighted by molar-refractivity contribution is 0.949. The van der Waals surface area contributed by atoms with Gasteiger partial charge in [0.05, 0.1) is 0 Å². The van der Waals surface area contributed by atoms with Crippen LogP contribution in [0, 0.1) is 0 Å². The van der Waals surface area contributed by atoms with E-state index in [4.69, 9.17) is 5.73 Å². The summed E-state index contributed by atoms with van der Waals surface area (Å²) in [5.74, 6) is 0.